The van der Waals surface area contributed by atoms with Gasteiger partial charge in [0.2, 0.25) is 0 Å². The molecule has 1 aromatic heterocycles. The maximum atomic E-state index is 6.10. The Morgan fingerprint density at radius 1 is 1.35 bits per heavy atom. The number of benzene rings is 1. The van der Waals surface area contributed by atoms with Gasteiger partial charge in [0.15, 0.2) is 0 Å². The molecule has 2 aromatic rings. The van der Waals surface area contributed by atoms with Crippen LogP contribution < -0.4 is 4.74 Å². The van der Waals surface area contributed by atoms with Crippen LogP contribution in [0.5, 0.6) is 5.75 Å². The van der Waals surface area contributed by atoms with Crippen molar-refractivity contribution in [1.82, 2.24) is 15.0 Å². The van der Waals surface area contributed by atoms with Gasteiger partial charge in [-0.1, -0.05) is 23.7 Å². The Labute approximate surface area is 124 Å². The topological polar surface area (TPSA) is 39.9 Å². The number of nitrogens with zero attached hydrogens (tertiary/aromatic N) is 3. The quantitative estimate of drug-likeness (QED) is 0.815. The van der Waals surface area contributed by atoms with Crippen molar-refractivity contribution in [3.05, 3.63) is 40.7 Å². The lowest BCUT2D eigenvalue weighted by Gasteiger charge is -2.16. The monoisotopic (exact) mass is 293 g/mol. The van der Waals surface area contributed by atoms with Crippen molar-refractivity contribution in [2.75, 3.05) is 6.61 Å². The second-order valence-corrected chi connectivity index (χ2v) is 5.22. The average molecular weight is 294 g/mol. The second kappa shape index (κ2) is 6.75. The lowest BCUT2D eigenvalue weighted by atomic mass is 9.95. The Morgan fingerprint density at radius 2 is 2.15 bits per heavy atom. The molecule has 1 unspecified atom stereocenters. The zero-order valence-corrected chi connectivity index (χ0v) is 12.9. The minimum atomic E-state index is 0.275. The standard InChI is InChI=1S/C15H20ClN3O/c1-4-19-10-13(17-18-19)8-11(3)14-9-12(16)6-7-15(14)20-5-2/h6-7,9-11H,4-5,8H2,1-3H3. The van der Waals surface area contributed by atoms with Crippen LogP contribution in [0.4, 0.5) is 0 Å². The molecule has 0 aliphatic rings. The van der Waals surface area contributed by atoms with Gasteiger partial charge < -0.3 is 4.74 Å². The number of halogens is 1. The Bertz CT molecular complexity index is 568. The van der Waals surface area contributed by atoms with Crippen molar-refractivity contribution in [3.8, 4) is 5.75 Å². The van der Waals surface area contributed by atoms with Gasteiger partial charge in [-0.2, -0.15) is 0 Å². The van der Waals surface area contributed by atoms with Gasteiger partial charge in [0.25, 0.3) is 0 Å². The number of aryl methyl sites for hydroxylation is 1. The van der Waals surface area contributed by atoms with Crippen molar-refractivity contribution < 1.29 is 4.74 Å². The average Bonchev–Trinajstić information content (AvgIpc) is 2.88. The van der Waals surface area contributed by atoms with E-state index in [1.165, 1.54) is 0 Å². The third-order valence-electron chi connectivity index (χ3n) is 3.23. The molecule has 0 amide bonds. The fourth-order valence-corrected chi connectivity index (χ4v) is 2.38. The van der Waals surface area contributed by atoms with Crippen molar-refractivity contribution in [3.63, 3.8) is 0 Å². The molecule has 0 aliphatic heterocycles. The third kappa shape index (κ3) is 3.51. The molecule has 1 aromatic carbocycles. The highest BCUT2D eigenvalue weighted by molar-refractivity contribution is 6.30. The smallest absolute Gasteiger partial charge is 0.122 e. The molecule has 0 N–H and O–H groups in total. The van der Waals surface area contributed by atoms with Crippen molar-refractivity contribution >= 4 is 11.6 Å². The fraction of sp³-hybridized carbons (Fsp3) is 0.467. The predicted octanol–water partition coefficient (Wildman–Crippen LogP) is 3.70. The van der Waals surface area contributed by atoms with Crippen LogP contribution >= 0.6 is 11.6 Å². The van der Waals surface area contributed by atoms with Crippen molar-refractivity contribution in [2.24, 2.45) is 0 Å². The molecule has 0 aliphatic carbocycles. The molecule has 0 fully saturated rings. The molecule has 108 valence electrons. The van der Waals surface area contributed by atoms with Crippen LogP contribution in [0, 0.1) is 0 Å². The molecule has 0 bridgehead atoms. The molecule has 1 atom stereocenters. The van der Waals surface area contributed by atoms with Gasteiger partial charge in [0.1, 0.15) is 5.75 Å². The van der Waals surface area contributed by atoms with E-state index in [9.17, 15) is 0 Å². The summed E-state index contributed by atoms with van der Waals surface area (Å²) in [5.74, 6) is 1.17. The molecule has 0 saturated carbocycles. The first kappa shape index (κ1) is 14.9. The fourth-order valence-electron chi connectivity index (χ4n) is 2.20. The molecule has 5 heteroatoms. The Kier molecular flexibility index (Phi) is 5.01. The van der Waals surface area contributed by atoms with Gasteiger partial charge in [0.05, 0.1) is 12.3 Å². The summed E-state index contributed by atoms with van der Waals surface area (Å²) in [5.41, 5.74) is 2.10. The third-order valence-corrected chi connectivity index (χ3v) is 3.46. The molecule has 0 spiro atoms. The molecule has 1 heterocycles. The van der Waals surface area contributed by atoms with Gasteiger partial charge in [0, 0.05) is 17.8 Å². The van der Waals surface area contributed by atoms with E-state index in [4.69, 9.17) is 16.3 Å². The zero-order valence-electron chi connectivity index (χ0n) is 12.1. The zero-order chi connectivity index (χ0) is 14.5. The summed E-state index contributed by atoms with van der Waals surface area (Å²) in [6.07, 6.45) is 2.81. The van der Waals surface area contributed by atoms with Gasteiger partial charge in [-0.05, 0) is 49.9 Å². The number of hydrogen-bond donors (Lipinski definition) is 0. The van der Waals surface area contributed by atoms with Crippen molar-refractivity contribution in [2.45, 2.75) is 39.7 Å². The maximum Gasteiger partial charge on any atom is 0.122 e. The lowest BCUT2D eigenvalue weighted by Crippen LogP contribution is -2.03. The molecular formula is C15H20ClN3O. The first-order chi connectivity index (χ1) is 9.63. The van der Waals surface area contributed by atoms with E-state index in [0.717, 1.165) is 35.0 Å². The van der Waals surface area contributed by atoms with E-state index < -0.39 is 0 Å². The van der Waals surface area contributed by atoms with Gasteiger partial charge in [-0.25, -0.2) is 0 Å². The number of aromatic nitrogens is 3. The summed E-state index contributed by atoms with van der Waals surface area (Å²) in [6, 6.07) is 5.76. The van der Waals surface area contributed by atoms with E-state index in [2.05, 4.69) is 17.2 Å². The van der Waals surface area contributed by atoms with E-state index in [1.54, 1.807) is 0 Å². The van der Waals surface area contributed by atoms with Gasteiger partial charge in [-0.15, -0.1) is 5.10 Å². The highest BCUT2D eigenvalue weighted by atomic mass is 35.5. The van der Waals surface area contributed by atoms with Crippen LogP contribution in [0.25, 0.3) is 0 Å². The van der Waals surface area contributed by atoms with Crippen LogP contribution in [0.2, 0.25) is 5.02 Å². The molecule has 2 rings (SSSR count). The van der Waals surface area contributed by atoms with E-state index in [0.29, 0.717) is 6.61 Å². The SMILES string of the molecule is CCOc1ccc(Cl)cc1C(C)Cc1cn(CC)nn1. The largest absolute Gasteiger partial charge is 0.494 e. The van der Waals surface area contributed by atoms with E-state index in [1.807, 2.05) is 42.9 Å². The highest BCUT2D eigenvalue weighted by Gasteiger charge is 2.15. The minimum Gasteiger partial charge on any atom is -0.494 e. The number of rotatable bonds is 6. The van der Waals surface area contributed by atoms with Crippen LogP contribution in [-0.2, 0) is 13.0 Å². The summed E-state index contributed by atoms with van der Waals surface area (Å²) in [4.78, 5) is 0. The summed E-state index contributed by atoms with van der Waals surface area (Å²) in [5, 5.41) is 8.99. The Balaban J connectivity index is 2.19. The van der Waals surface area contributed by atoms with E-state index >= 15 is 0 Å². The van der Waals surface area contributed by atoms with Gasteiger partial charge in [-0.3, -0.25) is 4.68 Å². The van der Waals surface area contributed by atoms with E-state index in [-0.39, 0.29) is 5.92 Å². The summed E-state index contributed by atoms with van der Waals surface area (Å²) in [7, 11) is 0. The minimum absolute atomic E-state index is 0.275. The molecule has 0 radical (unpaired) electrons. The summed E-state index contributed by atoms with van der Waals surface area (Å²) < 4.78 is 7.51. The van der Waals surface area contributed by atoms with Crippen LogP contribution in [0.3, 0.4) is 0 Å². The normalized spacial score (nSPS) is 12.4. The molecule has 0 saturated heterocycles. The molecule has 20 heavy (non-hydrogen) atoms. The first-order valence-electron chi connectivity index (χ1n) is 6.95. The van der Waals surface area contributed by atoms with Crippen molar-refractivity contribution in [1.29, 1.82) is 0 Å². The highest BCUT2D eigenvalue weighted by Crippen LogP contribution is 2.31. The Hall–Kier alpha value is -1.55. The predicted molar refractivity (Wildman–Crippen MR) is 80.4 cm³/mol. The number of ether oxygens (including phenoxy) is 1. The second-order valence-electron chi connectivity index (χ2n) is 4.79. The van der Waals surface area contributed by atoms with Crippen LogP contribution in [-0.4, -0.2) is 21.6 Å². The van der Waals surface area contributed by atoms with Crippen LogP contribution in [0.15, 0.2) is 24.4 Å². The molecule has 4 nitrogen and oxygen atoms in total. The number of hydrogen-bond acceptors (Lipinski definition) is 3. The first-order valence-corrected chi connectivity index (χ1v) is 7.33. The lowest BCUT2D eigenvalue weighted by molar-refractivity contribution is 0.334. The molecular weight excluding hydrogens is 274 g/mol. The van der Waals surface area contributed by atoms with Crippen LogP contribution in [0.1, 0.15) is 37.9 Å². The Morgan fingerprint density at radius 3 is 2.80 bits per heavy atom. The van der Waals surface area contributed by atoms with Gasteiger partial charge >= 0.3 is 0 Å². The maximum absolute atomic E-state index is 6.10. The summed E-state index contributed by atoms with van der Waals surface area (Å²) >= 11 is 6.10. The summed E-state index contributed by atoms with van der Waals surface area (Å²) in [6.45, 7) is 7.66.